The summed E-state index contributed by atoms with van der Waals surface area (Å²) in [6.07, 6.45) is 1.02. The van der Waals surface area contributed by atoms with E-state index in [-0.39, 0.29) is 23.7 Å². The van der Waals surface area contributed by atoms with Crippen LogP contribution in [0.1, 0.15) is 19.3 Å². The van der Waals surface area contributed by atoms with E-state index in [0.29, 0.717) is 6.42 Å². The number of carbonyl (C=O) groups is 1. The summed E-state index contributed by atoms with van der Waals surface area (Å²) in [7, 11) is 0. The van der Waals surface area contributed by atoms with Gasteiger partial charge in [-0.1, -0.05) is 18.2 Å². The summed E-state index contributed by atoms with van der Waals surface area (Å²) in [5.74, 6) is -0.264. The third-order valence-corrected chi connectivity index (χ3v) is 4.59. The van der Waals surface area contributed by atoms with E-state index in [0.717, 1.165) is 18.5 Å². The quantitative estimate of drug-likeness (QED) is 0.753. The number of benzene rings is 1. The lowest BCUT2D eigenvalue weighted by atomic mass is 9.61. The van der Waals surface area contributed by atoms with Crippen molar-refractivity contribution >= 4 is 11.6 Å². The molecule has 1 amide bonds. The van der Waals surface area contributed by atoms with E-state index < -0.39 is 12.2 Å². The Morgan fingerprint density at radius 2 is 1.84 bits per heavy atom. The minimum atomic E-state index is -0.751. The van der Waals surface area contributed by atoms with Crippen LogP contribution in [0.15, 0.2) is 30.3 Å². The molecule has 3 aliphatic carbocycles. The Morgan fingerprint density at radius 1 is 1.11 bits per heavy atom. The molecule has 0 saturated heterocycles. The fourth-order valence-corrected chi connectivity index (χ4v) is 3.54. The first-order chi connectivity index (χ1) is 9.16. The number of nitrogens with one attached hydrogen (secondary N) is 1. The SMILES string of the molecule is O=C(Nc1ccccc1)[C@H]1C[C@H]2CC[C@@H]1[C@@H](O)[C@H]2O. The second kappa shape index (κ2) is 4.94. The normalized spacial score (nSPS) is 37.1. The molecule has 0 aliphatic heterocycles. The molecule has 0 unspecified atom stereocenters. The molecule has 3 N–H and O–H groups in total. The Morgan fingerprint density at radius 3 is 2.53 bits per heavy atom. The van der Waals surface area contributed by atoms with Gasteiger partial charge < -0.3 is 15.5 Å². The molecule has 3 saturated carbocycles. The van der Waals surface area contributed by atoms with Crippen LogP contribution in [0.4, 0.5) is 5.69 Å². The molecule has 3 aliphatic rings. The molecule has 4 heteroatoms. The Kier molecular flexibility index (Phi) is 3.29. The van der Waals surface area contributed by atoms with Crippen molar-refractivity contribution in [2.45, 2.75) is 31.5 Å². The topological polar surface area (TPSA) is 69.6 Å². The highest BCUT2D eigenvalue weighted by atomic mass is 16.3. The summed E-state index contributed by atoms with van der Waals surface area (Å²) < 4.78 is 0. The van der Waals surface area contributed by atoms with E-state index in [9.17, 15) is 15.0 Å². The van der Waals surface area contributed by atoms with Crippen molar-refractivity contribution in [3.8, 4) is 0 Å². The van der Waals surface area contributed by atoms with Crippen molar-refractivity contribution in [1.29, 1.82) is 0 Å². The number of aliphatic hydroxyl groups excluding tert-OH is 2. The fraction of sp³-hybridized carbons (Fsp3) is 0.533. The molecule has 102 valence electrons. The number of carbonyl (C=O) groups excluding carboxylic acids is 1. The highest BCUT2D eigenvalue weighted by Crippen LogP contribution is 2.45. The van der Waals surface area contributed by atoms with Crippen molar-refractivity contribution in [3.63, 3.8) is 0 Å². The second-order valence-electron chi connectivity index (χ2n) is 5.68. The molecule has 0 heterocycles. The summed E-state index contributed by atoms with van der Waals surface area (Å²) in [6, 6.07) is 9.36. The maximum absolute atomic E-state index is 12.3. The lowest BCUT2D eigenvalue weighted by Crippen LogP contribution is -2.54. The van der Waals surface area contributed by atoms with Gasteiger partial charge in [0.2, 0.25) is 5.91 Å². The van der Waals surface area contributed by atoms with Gasteiger partial charge in [0, 0.05) is 11.6 Å². The van der Waals surface area contributed by atoms with E-state index in [1.807, 2.05) is 30.3 Å². The standard InChI is InChI=1S/C15H19NO3/c17-13-9-6-7-11(14(13)18)12(8-9)15(19)16-10-4-2-1-3-5-10/h1-5,9,11-14,17-18H,6-8H2,(H,16,19)/t9-,11+,12+,13+,14-/m1/s1. The van der Waals surface area contributed by atoms with Crippen molar-refractivity contribution in [1.82, 2.24) is 0 Å². The highest BCUT2D eigenvalue weighted by Gasteiger charge is 2.49. The zero-order valence-corrected chi connectivity index (χ0v) is 10.7. The average molecular weight is 261 g/mol. The molecule has 0 radical (unpaired) electrons. The van der Waals surface area contributed by atoms with Gasteiger partial charge in [-0.15, -0.1) is 0 Å². The van der Waals surface area contributed by atoms with Crippen LogP contribution in [-0.2, 0) is 4.79 Å². The van der Waals surface area contributed by atoms with Crippen molar-refractivity contribution in [3.05, 3.63) is 30.3 Å². The number of anilines is 1. The average Bonchev–Trinajstić information content (AvgIpc) is 2.45. The molecule has 1 aromatic rings. The van der Waals surface area contributed by atoms with Crippen LogP contribution in [-0.4, -0.2) is 28.3 Å². The van der Waals surface area contributed by atoms with Crippen LogP contribution in [0.25, 0.3) is 0 Å². The summed E-state index contributed by atoms with van der Waals surface area (Å²) >= 11 is 0. The second-order valence-corrected chi connectivity index (χ2v) is 5.68. The number of para-hydroxylation sites is 1. The number of rotatable bonds is 2. The van der Waals surface area contributed by atoms with Gasteiger partial charge in [-0.25, -0.2) is 0 Å². The molecule has 0 aromatic heterocycles. The van der Waals surface area contributed by atoms with Crippen molar-refractivity contribution in [2.24, 2.45) is 17.8 Å². The third kappa shape index (κ3) is 2.26. The maximum atomic E-state index is 12.3. The van der Waals surface area contributed by atoms with Crippen LogP contribution in [0.5, 0.6) is 0 Å². The smallest absolute Gasteiger partial charge is 0.227 e. The fourth-order valence-electron chi connectivity index (χ4n) is 3.54. The van der Waals surface area contributed by atoms with Crippen molar-refractivity contribution < 1.29 is 15.0 Å². The van der Waals surface area contributed by atoms with Gasteiger partial charge in [-0.3, -0.25) is 4.79 Å². The predicted octanol–water partition coefficient (Wildman–Crippen LogP) is 1.39. The number of hydrogen-bond acceptors (Lipinski definition) is 3. The molecule has 2 bridgehead atoms. The molecule has 1 aromatic carbocycles. The van der Waals surface area contributed by atoms with E-state index in [4.69, 9.17) is 0 Å². The first kappa shape index (κ1) is 12.6. The Hall–Kier alpha value is -1.39. The summed E-state index contributed by atoms with van der Waals surface area (Å²) in [6.45, 7) is 0. The van der Waals surface area contributed by atoms with Gasteiger partial charge in [0.1, 0.15) is 0 Å². The number of aliphatic hydroxyl groups is 2. The van der Waals surface area contributed by atoms with Gasteiger partial charge in [-0.05, 0) is 43.2 Å². The number of amides is 1. The van der Waals surface area contributed by atoms with Gasteiger partial charge >= 0.3 is 0 Å². The van der Waals surface area contributed by atoms with Crippen LogP contribution >= 0.6 is 0 Å². The Balaban J connectivity index is 1.71. The molecular formula is C15H19NO3. The van der Waals surface area contributed by atoms with E-state index in [2.05, 4.69) is 5.32 Å². The van der Waals surface area contributed by atoms with Crippen LogP contribution in [0, 0.1) is 17.8 Å². The minimum absolute atomic E-state index is 0.0353. The maximum Gasteiger partial charge on any atom is 0.227 e. The molecule has 0 spiro atoms. The summed E-state index contributed by atoms with van der Waals surface area (Å²) in [5.41, 5.74) is 0.781. The van der Waals surface area contributed by atoms with Crippen LogP contribution in [0.2, 0.25) is 0 Å². The lowest BCUT2D eigenvalue weighted by Gasteiger charge is -2.47. The molecular weight excluding hydrogens is 242 g/mol. The van der Waals surface area contributed by atoms with Gasteiger partial charge in [0.05, 0.1) is 12.2 Å². The molecule has 4 rings (SSSR count). The van der Waals surface area contributed by atoms with Gasteiger partial charge in [0.15, 0.2) is 0 Å². The largest absolute Gasteiger partial charge is 0.390 e. The van der Waals surface area contributed by atoms with E-state index in [1.165, 1.54) is 0 Å². The molecule has 3 fully saturated rings. The van der Waals surface area contributed by atoms with E-state index in [1.54, 1.807) is 0 Å². The molecule has 19 heavy (non-hydrogen) atoms. The van der Waals surface area contributed by atoms with Crippen LogP contribution in [0.3, 0.4) is 0 Å². The van der Waals surface area contributed by atoms with E-state index >= 15 is 0 Å². The zero-order valence-electron chi connectivity index (χ0n) is 10.7. The first-order valence-electron chi connectivity index (χ1n) is 6.89. The minimum Gasteiger partial charge on any atom is -0.390 e. The Bertz CT molecular complexity index is 460. The summed E-state index contributed by atoms with van der Waals surface area (Å²) in [4.78, 5) is 12.3. The summed E-state index contributed by atoms with van der Waals surface area (Å²) in [5, 5.41) is 22.8. The molecule has 5 atom stereocenters. The number of hydrogen-bond donors (Lipinski definition) is 3. The monoisotopic (exact) mass is 261 g/mol. The molecule has 4 nitrogen and oxygen atoms in total. The van der Waals surface area contributed by atoms with Crippen LogP contribution < -0.4 is 5.32 Å². The Labute approximate surface area is 112 Å². The highest BCUT2D eigenvalue weighted by molar-refractivity contribution is 5.92. The number of fused-ring (bicyclic) bond motifs is 3. The third-order valence-electron chi connectivity index (χ3n) is 4.59. The van der Waals surface area contributed by atoms with Gasteiger partial charge in [0.25, 0.3) is 0 Å². The lowest BCUT2D eigenvalue weighted by molar-refractivity contribution is -0.150. The zero-order chi connectivity index (χ0) is 13.4. The van der Waals surface area contributed by atoms with Crippen molar-refractivity contribution in [2.75, 3.05) is 5.32 Å². The van der Waals surface area contributed by atoms with Gasteiger partial charge in [-0.2, -0.15) is 0 Å². The first-order valence-corrected chi connectivity index (χ1v) is 6.89. The predicted molar refractivity (Wildman–Crippen MR) is 71.4 cm³/mol.